The van der Waals surface area contributed by atoms with E-state index >= 15 is 0 Å². The second kappa shape index (κ2) is 9.18. The fraction of sp³-hybridized carbons (Fsp3) is 0.400. The van der Waals surface area contributed by atoms with Crippen LogP contribution >= 0.6 is 0 Å². The Morgan fingerprint density at radius 3 is 2.52 bits per heavy atom. The van der Waals surface area contributed by atoms with Crippen LogP contribution in [0.3, 0.4) is 0 Å². The van der Waals surface area contributed by atoms with E-state index in [0.717, 1.165) is 25.2 Å². The number of urea groups is 1. The molecule has 0 bridgehead atoms. The predicted octanol–water partition coefficient (Wildman–Crippen LogP) is 2.76. The first-order chi connectivity index (χ1) is 12.3. The van der Waals surface area contributed by atoms with Crippen LogP contribution in [0.1, 0.15) is 30.1 Å². The second-order valence-electron chi connectivity index (χ2n) is 6.38. The summed E-state index contributed by atoms with van der Waals surface area (Å²) in [6.45, 7) is 3.41. The first-order valence-corrected chi connectivity index (χ1v) is 9.03. The maximum atomic E-state index is 12.1. The number of hydrogen-bond acceptors (Lipinski definition) is 3. The molecule has 1 unspecified atom stereocenters. The zero-order valence-corrected chi connectivity index (χ0v) is 14.5. The molecule has 2 N–H and O–H groups in total. The summed E-state index contributed by atoms with van der Waals surface area (Å²) in [5, 5.41) is 5.95. The van der Waals surface area contributed by atoms with Gasteiger partial charge in [-0.05, 0) is 43.6 Å². The van der Waals surface area contributed by atoms with Crippen molar-refractivity contribution < 1.29 is 4.79 Å². The van der Waals surface area contributed by atoms with Gasteiger partial charge in [-0.3, -0.25) is 9.88 Å². The largest absolute Gasteiger partial charge is 0.338 e. The Kier molecular flexibility index (Phi) is 6.40. The van der Waals surface area contributed by atoms with E-state index in [1.807, 2.05) is 24.3 Å². The Hall–Kier alpha value is -2.40. The van der Waals surface area contributed by atoms with Crippen LogP contribution in [0, 0.1) is 0 Å². The van der Waals surface area contributed by atoms with Crippen molar-refractivity contribution in [2.45, 2.75) is 25.3 Å². The van der Waals surface area contributed by atoms with E-state index in [1.54, 1.807) is 6.20 Å². The molecule has 1 aromatic carbocycles. The smallest absolute Gasteiger partial charge is 0.314 e. The lowest BCUT2D eigenvalue weighted by Crippen LogP contribution is -2.42. The zero-order valence-electron chi connectivity index (χ0n) is 14.5. The minimum absolute atomic E-state index is 0.115. The minimum atomic E-state index is -0.115. The molecular formula is C20H26N4O. The first kappa shape index (κ1) is 17.4. The van der Waals surface area contributed by atoms with E-state index in [1.165, 1.54) is 18.4 Å². The van der Waals surface area contributed by atoms with Crippen LogP contribution in [-0.4, -0.2) is 42.1 Å². The van der Waals surface area contributed by atoms with Crippen molar-refractivity contribution in [1.82, 2.24) is 20.5 Å². The van der Waals surface area contributed by atoms with Crippen LogP contribution in [0.4, 0.5) is 4.79 Å². The van der Waals surface area contributed by atoms with Crippen LogP contribution < -0.4 is 10.6 Å². The molecule has 2 aromatic rings. The SMILES string of the molecule is O=C(NCCc1ccccn1)NCC(c1ccccc1)N1CCCC1. The first-order valence-electron chi connectivity index (χ1n) is 9.03. The van der Waals surface area contributed by atoms with Crippen LogP contribution in [0.15, 0.2) is 54.7 Å². The van der Waals surface area contributed by atoms with Gasteiger partial charge in [0.15, 0.2) is 0 Å². The number of benzene rings is 1. The van der Waals surface area contributed by atoms with Gasteiger partial charge >= 0.3 is 6.03 Å². The van der Waals surface area contributed by atoms with Gasteiger partial charge in [-0.25, -0.2) is 4.79 Å². The van der Waals surface area contributed by atoms with Crippen molar-refractivity contribution in [2.75, 3.05) is 26.2 Å². The maximum absolute atomic E-state index is 12.1. The molecule has 1 fully saturated rings. The van der Waals surface area contributed by atoms with Gasteiger partial charge in [0, 0.05) is 31.4 Å². The van der Waals surface area contributed by atoms with E-state index in [9.17, 15) is 4.79 Å². The Morgan fingerprint density at radius 1 is 1.04 bits per heavy atom. The number of nitrogens with one attached hydrogen (secondary N) is 2. The highest BCUT2D eigenvalue weighted by Crippen LogP contribution is 2.24. The number of aromatic nitrogens is 1. The van der Waals surface area contributed by atoms with Gasteiger partial charge in [-0.15, -0.1) is 0 Å². The molecule has 0 spiro atoms. The van der Waals surface area contributed by atoms with Gasteiger partial charge in [0.1, 0.15) is 0 Å². The average Bonchev–Trinajstić information content (AvgIpc) is 3.18. The highest BCUT2D eigenvalue weighted by Gasteiger charge is 2.23. The molecule has 5 heteroatoms. The van der Waals surface area contributed by atoms with E-state index in [4.69, 9.17) is 0 Å². The molecule has 2 amide bonds. The standard InChI is InChI=1S/C20H26N4O/c25-20(22-13-11-18-10-4-5-12-21-18)23-16-19(24-14-6-7-15-24)17-8-2-1-3-9-17/h1-5,8-10,12,19H,6-7,11,13-16H2,(H2,22,23,25). The Labute approximate surface area is 149 Å². The Bertz CT molecular complexity index is 641. The number of carbonyl (C=O) groups excluding carboxylic acids is 1. The lowest BCUT2D eigenvalue weighted by molar-refractivity contribution is 0.221. The van der Waals surface area contributed by atoms with Crippen molar-refractivity contribution in [1.29, 1.82) is 0 Å². The minimum Gasteiger partial charge on any atom is -0.338 e. The van der Waals surface area contributed by atoms with Gasteiger partial charge in [-0.1, -0.05) is 36.4 Å². The molecule has 1 aliphatic heterocycles. The highest BCUT2D eigenvalue weighted by molar-refractivity contribution is 5.73. The lowest BCUT2D eigenvalue weighted by atomic mass is 10.1. The fourth-order valence-corrected chi connectivity index (χ4v) is 3.29. The molecule has 1 saturated heterocycles. The number of nitrogens with zero attached hydrogens (tertiary/aromatic N) is 2. The summed E-state index contributed by atoms with van der Waals surface area (Å²) in [4.78, 5) is 18.8. The van der Waals surface area contributed by atoms with Gasteiger partial charge in [0.05, 0.1) is 6.04 Å². The molecule has 2 heterocycles. The molecule has 1 atom stereocenters. The Morgan fingerprint density at radius 2 is 1.80 bits per heavy atom. The lowest BCUT2D eigenvalue weighted by Gasteiger charge is -2.28. The van der Waals surface area contributed by atoms with Crippen LogP contribution in [0.5, 0.6) is 0 Å². The molecule has 1 aromatic heterocycles. The van der Waals surface area contributed by atoms with E-state index in [-0.39, 0.29) is 12.1 Å². The number of pyridine rings is 1. The third-order valence-electron chi connectivity index (χ3n) is 4.61. The molecule has 0 radical (unpaired) electrons. The van der Waals surface area contributed by atoms with Crippen LogP contribution in [-0.2, 0) is 6.42 Å². The van der Waals surface area contributed by atoms with E-state index < -0.39 is 0 Å². The molecular weight excluding hydrogens is 312 g/mol. The summed E-state index contributed by atoms with van der Waals surface area (Å²) in [5.41, 5.74) is 2.25. The number of likely N-dealkylation sites (tertiary alicyclic amines) is 1. The van der Waals surface area contributed by atoms with Crippen molar-refractivity contribution >= 4 is 6.03 Å². The summed E-state index contributed by atoms with van der Waals surface area (Å²) in [7, 11) is 0. The summed E-state index contributed by atoms with van der Waals surface area (Å²) >= 11 is 0. The van der Waals surface area contributed by atoms with Crippen molar-refractivity contribution in [3.05, 3.63) is 66.0 Å². The number of carbonyl (C=O) groups is 1. The second-order valence-corrected chi connectivity index (χ2v) is 6.38. The number of hydrogen-bond donors (Lipinski definition) is 2. The Balaban J connectivity index is 1.48. The van der Waals surface area contributed by atoms with E-state index in [2.05, 4.69) is 44.8 Å². The normalized spacial score (nSPS) is 15.7. The van der Waals surface area contributed by atoms with Crippen molar-refractivity contribution in [3.63, 3.8) is 0 Å². The molecule has 0 aliphatic carbocycles. The molecule has 5 nitrogen and oxygen atoms in total. The van der Waals surface area contributed by atoms with Crippen molar-refractivity contribution in [3.8, 4) is 0 Å². The van der Waals surface area contributed by atoms with Crippen LogP contribution in [0.2, 0.25) is 0 Å². The van der Waals surface area contributed by atoms with Gasteiger partial charge in [-0.2, -0.15) is 0 Å². The highest BCUT2D eigenvalue weighted by atomic mass is 16.2. The van der Waals surface area contributed by atoms with Gasteiger partial charge in [0.2, 0.25) is 0 Å². The zero-order chi connectivity index (χ0) is 17.3. The topological polar surface area (TPSA) is 57.3 Å². The summed E-state index contributed by atoms with van der Waals surface area (Å²) < 4.78 is 0. The van der Waals surface area contributed by atoms with Crippen molar-refractivity contribution in [2.24, 2.45) is 0 Å². The fourth-order valence-electron chi connectivity index (χ4n) is 3.29. The molecule has 132 valence electrons. The summed E-state index contributed by atoms with van der Waals surface area (Å²) in [6, 6.07) is 16.4. The monoisotopic (exact) mass is 338 g/mol. The number of rotatable bonds is 7. The third kappa shape index (κ3) is 5.29. The molecule has 25 heavy (non-hydrogen) atoms. The molecule has 3 rings (SSSR count). The third-order valence-corrected chi connectivity index (χ3v) is 4.61. The van der Waals surface area contributed by atoms with Gasteiger partial charge in [0.25, 0.3) is 0 Å². The summed E-state index contributed by atoms with van der Waals surface area (Å²) in [6.07, 6.45) is 4.98. The average molecular weight is 338 g/mol. The summed E-state index contributed by atoms with van der Waals surface area (Å²) in [5.74, 6) is 0. The maximum Gasteiger partial charge on any atom is 0.314 e. The molecule has 0 saturated carbocycles. The quantitative estimate of drug-likeness (QED) is 0.816. The molecule has 1 aliphatic rings. The predicted molar refractivity (Wildman–Crippen MR) is 99.3 cm³/mol. The number of amides is 2. The van der Waals surface area contributed by atoms with Gasteiger partial charge < -0.3 is 10.6 Å². The van der Waals surface area contributed by atoms with E-state index in [0.29, 0.717) is 13.1 Å². The van der Waals surface area contributed by atoms with Crippen LogP contribution in [0.25, 0.3) is 0 Å².